The molecule has 110 valence electrons. The number of halogens is 1. The molecule has 0 spiro atoms. The van der Waals surface area contributed by atoms with Crippen LogP contribution in [-0.2, 0) is 0 Å². The Hall–Kier alpha value is -1.29. The van der Waals surface area contributed by atoms with Crippen molar-refractivity contribution in [3.63, 3.8) is 0 Å². The van der Waals surface area contributed by atoms with Gasteiger partial charge in [0.2, 0.25) is 0 Å². The lowest BCUT2D eigenvalue weighted by molar-refractivity contribution is 0.0869. The second kappa shape index (κ2) is 6.93. The molecule has 0 aromatic carbocycles. The fraction of sp³-hybridized carbons (Fsp3) is 0.625. The number of Topliss-reactive ketones (excluding diaryl/α,β-unsaturated/α-hetero) is 1. The first kappa shape index (κ1) is 15.1. The van der Waals surface area contributed by atoms with Crippen LogP contribution in [-0.4, -0.2) is 34.8 Å². The summed E-state index contributed by atoms with van der Waals surface area (Å²) in [6, 6.07) is 3.30. The lowest BCUT2D eigenvalue weighted by Crippen LogP contribution is -2.38. The third-order valence-corrected chi connectivity index (χ3v) is 4.13. The second-order valence-electron chi connectivity index (χ2n) is 5.82. The van der Waals surface area contributed by atoms with Crippen molar-refractivity contribution in [2.45, 2.75) is 45.6 Å². The average Bonchev–Trinajstić information content (AvgIpc) is 2.64. The molecule has 0 bridgehead atoms. The molecule has 2 atom stereocenters. The Balaban J connectivity index is 1.97. The average molecular weight is 278 g/mol. The molecule has 1 aliphatic rings. The van der Waals surface area contributed by atoms with Crippen LogP contribution in [0.4, 0.5) is 4.39 Å². The van der Waals surface area contributed by atoms with Gasteiger partial charge in [-0.2, -0.15) is 0 Å². The van der Waals surface area contributed by atoms with E-state index in [1.807, 2.05) is 6.92 Å². The van der Waals surface area contributed by atoms with Crippen molar-refractivity contribution in [3.05, 3.63) is 29.8 Å². The van der Waals surface area contributed by atoms with Crippen LogP contribution in [0, 0.1) is 11.7 Å². The molecule has 4 heteroatoms. The van der Waals surface area contributed by atoms with Gasteiger partial charge in [-0.3, -0.25) is 14.7 Å². The Morgan fingerprint density at radius 2 is 2.25 bits per heavy atom. The summed E-state index contributed by atoms with van der Waals surface area (Å²) in [5.41, 5.74) is 0.362. The monoisotopic (exact) mass is 278 g/mol. The smallest absolute Gasteiger partial charge is 0.185 e. The van der Waals surface area contributed by atoms with Gasteiger partial charge in [0, 0.05) is 18.5 Å². The number of carbonyl (C=O) groups is 1. The number of pyridine rings is 1. The minimum absolute atomic E-state index is 0.00134. The zero-order valence-electron chi connectivity index (χ0n) is 12.3. The Bertz CT molecular complexity index is 446. The SMILES string of the molecule is CC(CN1CCCCCC1C)C(=O)c1ccc(F)cn1. The van der Waals surface area contributed by atoms with Gasteiger partial charge in [0.25, 0.3) is 0 Å². The molecule has 1 fully saturated rings. The highest BCUT2D eigenvalue weighted by Crippen LogP contribution is 2.18. The van der Waals surface area contributed by atoms with Crippen LogP contribution in [0.5, 0.6) is 0 Å². The van der Waals surface area contributed by atoms with Crippen molar-refractivity contribution in [2.24, 2.45) is 5.92 Å². The van der Waals surface area contributed by atoms with Gasteiger partial charge in [0.1, 0.15) is 11.5 Å². The third kappa shape index (κ3) is 3.85. The number of rotatable bonds is 4. The topological polar surface area (TPSA) is 33.2 Å². The molecule has 1 aromatic rings. The van der Waals surface area contributed by atoms with Gasteiger partial charge in [-0.1, -0.05) is 19.8 Å². The van der Waals surface area contributed by atoms with Crippen LogP contribution in [0.3, 0.4) is 0 Å². The first-order valence-electron chi connectivity index (χ1n) is 7.47. The Labute approximate surface area is 120 Å². The quantitative estimate of drug-likeness (QED) is 0.792. The molecule has 3 nitrogen and oxygen atoms in total. The molecule has 0 aliphatic carbocycles. The maximum Gasteiger partial charge on any atom is 0.185 e. The molecular weight excluding hydrogens is 255 g/mol. The zero-order chi connectivity index (χ0) is 14.5. The molecule has 2 rings (SSSR count). The van der Waals surface area contributed by atoms with E-state index in [9.17, 15) is 9.18 Å². The number of ketones is 1. The first-order chi connectivity index (χ1) is 9.58. The number of nitrogens with zero attached hydrogens (tertiary/aromatic N) is 2. The van der Waals surface area contributed by atoms with Crippen LogP contribution in [0.15, 0.2) is 18.3 Å². The molecule has 1 aromatic heterocycles. The van der Waals surface area contributed by atoms with Gasteiger partial charge >= 0.3 is 0 Å². The minimum Gasteiger partial charge on any atom is -0.300 e. The largest absolute Gasteiger partial charge is 0.300 e. The number of hydrogen-bond acceptors (Lipinski definition) is 3. The summed E-state index contributed by atoms with van der Waals surface area (Å²) in [4.78, 5) is 18.6. The Kier molecular flexibility index (Phi) is 5.24. The van der Waals surface area contributed by atoms with E-state index >= 15 is 0 Å². The van der Waals surface area contributed by atoms with E-state index in [-0.39, 0.29) is 11.7 Å². The lowest BCUT2D eigenvalue weighted by atomic mass is 10.0. The molecule has 0 radical (unpaired) electrons. The summed E-state index contributed by atoms with van der Waals surface area (Å²) >= 11 is 0. The van der Waals surface area contributed by atoms with Crippen molar-refractivity contribution in [1.29, 1.82) is 0 Å². The van der Waals surface area contributed by atoms with E-state index in [4.69, 9.17) is 0 Å². The predicted molar refractivity (Wildman–Crippen MR) is 77.2 cm³/mol. The van der Waals surface area contributed by atoms with E-state index in [0.29, 0.717) is 11.7 Å². The van der Waals surface area contributed by atoms with Crippen molar-refractivity contribution >= 4 is 5.78 Å². The molecule has 20 heavy (non-hydrogen) atoms. The molecule has 0 saturated carbocycles. The summed E-state index contributed by atoms with van der Waals surface area (Å²) in [5, 5.41) is 0. The van der Waals surface area contributed by atoms with Crippen LogP contribution >= 0.6 is 0 Å². The molecule has 2 unspecified atom stereocenters. The standard InChI is InChI=1S/C16H23FN2O/c1-12(11-19-9-5-3-4-6-13(19)2)16(20)15-8-7-14(17)10-18-15/h7-8,10,12-13H,3-6,9,11H2,1-2H3. The highest BCUT2D eigenvalue weighted by Gasteiger charge is 2.23. The molecule has 1 saturated heterocycles. The fourth-order valence-electron chi connectivity index (χ4n) is 2.81. The van der Waals surface area contributed by atoms with Crippen LogP contribution in [0.25, 0.3) is 0 Å². The van der Waals surface area contributed by atoms with Gasteiger partial charge in [-0.05, 0) is 38.4 Å². The van der Waals surface area contributed by atoms with Gasteiger partial charge in [0.15, 0.2) is 5.78 Å². The molecule has 0 amide bonds. The predicted octanol–water partition coefficient (Wildman–Crippen LogP) is 3.30. The number of likely N-dealkylation sites (tertiary alicyclic amines) is 1. The fourth-order valence-corrected chi connectivity index (χ4v) is 2.81. The van der Waals surface area contributed by atoms with E-state index in [1.165, 1.54) is 37.8 Å². The highest BCUT2D eigenvalue weighted by atomic mass is 19.1. The summed E-state index contributed by atoms with van der Waals surface area (Å²) < 4.78 is 12.8. The zero-order valence-corrected chi connectivity index (χ0v) is 12.3. The molecule has 2 heterocycles. The van der Waals surface area contributed by atoms with E-state index in [0.717, 1.165) is 19.3 Å². The summed E-state index contributed by atoms with van der Waals surface area (Å²) in [5.74, 6) is -0.509. The number of aromatic nitrogens is 1. The Morgan fingerprint density at radius 3 is 2.95 bits per heavy atom. The van der Waals surface area contributed by atoms with Crippen molar-refractivity contribution < 1.29 is 9.18 Å². The van der Waals surface area contributed by atoms with Gasteiger partial charge in [0.05, 0.1) is 6.20 Å². The maximum atomic E-state index is 12.8. The summed E-state index contributed by atoms with van der Waals surface area (Å²) in [6.07, 6.45) is 6.08. The van der Waals surface area contributed by atoms with Gasteiger partial charge in [-0.25, -0.2) is 4.39 Å². The van der Waals surface area contributed by atoms with E-state index in [1.54, 1.807) is 0 Å². The maximum absolute atomic E-state index is 12.8. The Morgan fingerprint density at radius 1 is 1.45 bits per heavy atom. The second-order valence-corrected chi connectivity index (χ2v) is 5.82. The van der Waals surface area contributed by atoms with Gasteiger partial charge in [-0.15, -0.1) is 0 Å². The number of carbonyl (C=O) groups excluding carboxylic acids is 1. The normalized spacial score (nSPS) is 22.2. The first-order valence-corrected chi connectivity index (χ1v) is 7.47. The molecule has 1 aliphatic heterocycles. The highest BCUT2D eigenvalue weighted by molar-refractivity contribution is 5.95. The summed E-state index contributed by atoms with van der Waals surface area (Å²) in [7, 11) is 0. The number of hydrogen-bond donors (Lipinski definition) is 0. The van der Waals surface area contributed by atoms with Crippen molar-refractivity contribution in [2.75, 3.05) is 13.1 Å². The van der Waals surface area contributed by atoms with E-state index in [2.05, 4.69) is 16.8 Å². The summed E-state index contributed by atoms with van der Waals surface area (Å²) in [6.45, 7) is 6.00. The van der Waals surface area contributed by atoms with Crippen molar-refractivity contribution in [3.8, 4) is 0 Å². The van der Waals surface area contributed by atoms with E-state index < -0.39 is 5.82 Å². The van der Waals surface area contributed by atoms with Crippen LogP contribution in [0.1, 0.15) is 50.0 Å². The molecule has 0 N–H and O–H groups in total. The molecular formula is C16H23FN2O. The van der Waals surface area contributed by atoms with Crippen LogP contribution in [0.2, 0.25) is 0 Å². The third-order valence-electron chi connectivity index (χ3n) is 4.13. The van der Waals surface area contributed by atoms with Crippen LogP contribution < -0.4 is 0 Å². The lowest BCUT2D eigenvalue weighted by Gasteiger charge is -2.29. The van der Waals surface area contributed by atoms with Crippen molar-refractivity contribution in [1.82, 2.24) is 9.88 Å². The minimum atomic E-state index is -0.407. The van der Waals surface area contributed by atoms with Gasteiger partial charge < -0.3 is 0 Å².